The van der Waals surface area contributed by atoms with Crippen LogP contribution in [0.5, 0.6) is 5.75 Å². The van der Waals surface area contributed by atoms with Gasteiger partial charge in [-0.1, -0.05) is 12.1 Å². The van der Waals surface area contributed by atoms with Crippen LogP contribution >= 0.6 is 0 Å². The molecule has 0 atom stereocenters. The maximum atomic E-state index is 12.3. The first kappa shape index (κ1) is 24.8. The molecule has 3 aromatic rings. The fourth-order valence-corrected chi connectivity index (χ4v) is 7.25. The van der Waals surface area contributed by atoms with Crippen LogP contribution in [0.3, 0.4) is 0 Å². The summed E-state index contributed by atoms with van der Waals surface area (Å²) in [6.45, 7) is 2.92. The lowest BCUT2D eigenvalue weighted by Gasteiger charge is -2.40. The lowest BCUT2D eigenvalue weighted by Crippen LogP contribution is -2.52. The number of rotatable bonds is 6. The summed E-state index contributed by atoms with van der Waals surface area (Å²) in [4.78, 5) is 25.5. The summed E-state index contributed by atoms with van der Waals surface area (Å²) in [6, 6.07) is 9.07. The fourth-order valence-electron chi connectivity index (χ4n) is 7.25. The Morgan fingerprint density at radius 3 is 2.62 bits per heavy atom. The van der Waals surface area contributed by atoms with Crippen LogP contribution in [0.15, 0.2) is 36.8 Å². The number of benzene rings is 1. The highest BCUT2D eigenvalue weighted by molar-refractivity contribution is 6.00. The molecule has 4 fully saturated rings. The van der Waals surface area contributed by atoms with Crippen molar-refractivity contribution in [2.24, 2.45) is 0 Å². The Morgan fingerprint density at radius 1 is 1.08 bits per heavy atom. The molecular weight excluding hydrogens is 492 g/mol. The van der Waals surface area contributed by atoms with Gasteiger partial charge in [0.05, 0.1) is 18.0 Å². The molecule has 3 aliphatic heterocycles. The maximum absolute atomic E-state index is 12.3. The molecule has 206 valence electrons. The predicted octanol–water partition coefficient (Wildman–Crippen LogP) is 4.03. The maximum Gasteiger partial charge on any atom is 0.236 e. The normalized spacial score (nSPS) is 29.4. The molecule has 1 saturated carbocycles. The Kier molecular flexibility index (Phi) is 6.23. The summed E-state index contributed by atoms with van der Waals surface area (Å²) in [6.07, 6.45) is 12.9. The van der Waals surface area contributed by atoms with Crippen LogP contribution in [0, 0.1) is 0 Å². The molecule has 0 spiro atoms. The van der Waals surface area contributed by atoms with Crippen molar-refractivity contribution in [3.63, 3.8) is 0 Å². The van der Waals surface area contributed by atoms with Gasteiger partial charge in [0.1, 0.15) is 35.7 Å². The van der Waals surface area contributed by atoms with Gasteiger partial charge < -0.3 is 24.7 Å². The van der Waals surface area contributed by atoms with E-state index in [1.54, 1.807) is 6.33 Å². The second-order valence-electron chi connectivity index (χ2n) is 12.0. The third kappa shape index (κ3) is 4.55. The molecule has 7 rings (SSSR count). The zero-order valence-electron chi connectivity index (χ0n) is 22.7. The fraction of sp³-hybridized carbons (Fsp3) is 0.567. The number of nitrogens with zero attached hydrogens (tertiary/aromatic N) is 5. The molecular formula is C30H38N6O3. The van der Waals surface area contributed by atoms with Gasteiger partial charge in [0.2, 0.25) is 5.91 Å². The van der Waals surface area contributed by atoms with E-state index in [1.807, 2.05) is 24.1 Å². The van der Waals surface area contributed by atoms with Crippen LogP contribution in [0.25, 0.3) is 22.2 Å². The number of fused-ring (bicyclic) bond motifs is 3. The van der Waals surface area contributed by atoms with Gasteiger partial charge in [0.15, 0.2) is 0 Å². The summed E-state index contributed by atoms with van der Waals surface area (Å²) < 4.78 is 14.8. The molecule has 5 heterocycles. The van der Waals surface area contributed by atoms with Gasteiger partial charge in [0, 0.05) is 44.0 Å². The molecule has 1 aliphatic carbocycles. The van der Waals surface area contributed by atoms with E-state index in [1.165, 1.54) is 0 Å². The molecule has 0 radical (unpaired) electrons. The van der Waals surface area contributed by atoms with Crippen molar-refractivity contribution in [2.45, 2.75) is 75.2 Å². The zero-order valence-corrected chi connectivity index (χ0v) is 22.7. The van der Waals surface area contributed by atoms with Gasteiger partial charge in [-0.05, 0) is 69.1 Å². The summed E-state index contributed by atoms with van der Waals surface area (Å²) in [5.74, 6) is 1.57. The molecule has 9 heteroatoms. The molecule has 3 saturated heterocycles. The number of amides is 1. The largest absolute Gasteiger partial charge is 0.491 e. The second kappa shape index (κ2) is 9.78. The Bertz CT molecular complexity index is 1370. The minimum atomic E-state index is -0.106. The number of anilines is 1. The molecule has 1 aromatic carbocycles. The number of ether oxygens (including phenoxy) is 2. The number of carbonyl (C=O) groups excluding carboxylic acids is 1. The van der Waals surface area contributed by atoms with Crippen LogP contribution in [0.2, 0.25) is 0 Å². The van der Waals surface area contributed by atoms with Crippen LogP contribution in [-0.4, -0.2) is 81.3 Å². The number of likely N-dealkylation sites (N-methyl/N-ethyl adjacent to an activating group) is 1. The van der Waals surface area contributed by atoms with Crippen LogP contribution in [-0.2, 0) is 9.53 Å². The molecule has 2 bridgehead atoms. The predicted molar refractivity (Wildman–Crippen MR) is 149 cm³/mol. The Hall–Kier alpha value is -3.17. The number of nitrogen functional groups attached to an aromatic ring is 1. The second-order valence-corrected chi connectivity index (χ2v) is 12.0. The third-order valence-corrected chi connectivity index (χ3v) is 9.61. The Balaban J connectivity index is 1.11. The van der Waals surface area contributed by atoms with Gasteiger partial charge >= 0.3 is 0 Å². The summed E-state index contributed by atoms with van der Waals surface area (Å²) in [5, 5.41) is 0.901. The third-order valence-electron chi connectivity index (χ3n) is 9.61. The van der Waals surface area contributed by atoms with E-state index in [0.717, 1.165) is 92.4 Å². The highest BCUT2D eigenvalue weighted by atomic mass is 16.6. The summed E-state index contributed by atoms with van der Waals surface area (Å²) >= 11 is 0. The SMILES string of the molecule is CN1CCN([C@H]2CC[C@H](n3cc(-c4cccc(OCC56CCC(CC5)O6)c4)c4c(N)ncnc43)CC2)CC1=O. The van der Waals surface area contributed by atoms with E-state index in [4.69, 9.17) is 15.2 Å². The van der Waals surface area contributed by atoms with E-state index < -0.39 is 0 Å². The zero-order chi connectivity index (χ0) is 26.6. The lowest BCUT2D eigenvalue weighted by atomic mass is 9.89. The smallest absolute Gasteiger partial charge is 0.236 e. The van der Waals surface area contributed by atoms with Crippen LogP contribution in [0.1, 0.15) is 57.4 Å². The molecule has 39 heavy (non-hydrogen) atoms. The Morgan fingerprint density at radius 2 is 1.87 bits per heavy atom. The Labute approximate surface area is 229 Å². The number of carbonyl (C=O) groups is 1. The first-order chi connectivity index (χ1) is 19.0. The highest BCUT2D eigenvalue weighted by Gasteiger charge is 2.46. The van der Waals surface area contributed by atoms with Gasteiger partial charge in [-0.3, -0.25) is 9.69 Å². The number of hydrogen-bond donors (Lipinski definition) is 1. The molecule has 0 unspecified atom stereocenters. The van der Waals surface area contributed by atoms with E-state index in [-0.39, 0.29) is 11.5 Å². The summed E-state index contributed by atoms with van der Waals surface area (Å²) in [5.41, 5.74) is 9.32. The summed E-state index contributed by atoms with van der Waals surface area (Å²) in [7, 11) is 1.90. The molecule has 1 amide bonds. The van der Waals surface area contributed by atoms with Crippen molar-refractivity contribution >= 4 is 22.8 Å². The minimum Gasteiger partial charge on any atom is -0.491 e. The van der Waals surface area contributed by atoms with E-state index in [0.29, 0.717) is 37.2 Å². The first-order valence-electron chi connectivity index (χ1n) is 14.5. The van der Waals surface area contributed by atoms with Crippen LogP contribution in [0.4, 0.5) is 5.82 Å². The van der Waals surface area contributed by atoms with Crippen molar-refractivity contribution in [3.05, 3.63) is 36.8 Å². The minimum absolute atomic E-state index is 0.106. The quantitative estimate of drug-likeness (QED) is 0.514. The standard InChI is InChI=1S/C30H38N6O3/c1-34-13-14-35(17-26(34)37)21-5-7-22(8-6-21)36-16-25(27-28(31)32-19-33-29(27)36)20-3-2-4-24(15-20)38-18-30-11-9-23(39-30)10-12-30/h2-4,15-16,19,21-23H,5-14,17-18H2,1H3,(H2,31,32,33)/t21-,22-,23?,30?. The number of piperazine rings is 1. The molecule has 9 nitrogen and oxygen atoms in total. The van der Waals surface area contributed by atoms with Crippen molar-refractivity contribution in [1.29, 1.82) is 0 Å². The average Bonchev–Trinajstić information content (AvgIpc) is 3.68. The number of hydrogen-bond acceptors (Lipinski definition) is 7. The monoisotopic (exact) mass is 530 g/mol. The van der Waals surface area contributed by atoms with Crippen molar-refractivity contribution in [1.82, 2.24) is 24.3 Å². The first-order valence-corrected chi connectivity index (χ1v) is 14.5. The van der Waals surface area contributed by atoms with E-state index >= 15 is 0 Å². The molecule has 2 N–H and O–H groups in total. The topological polar surface area (TPSA) is 98.7 Å². The highest BCUT2D eigenvalue weighted by Crippen LogP contribution is 2.44. The van der Waals surface area contributed by atoms with Gasteiger partial charge in [-0.2, -0.15) is 0 Å². The lowest BCUT2D eigenvalue weighted by molar-refractivity contribution is -0.135. The van der Waals surface area contributed by atoms with Gasteiger partial charge in [-0.15, -0.1) is 0 Å². The number of aromatic nitrogens is 3. The van der Waals surface area contributed by atoms with Crippen molar-refractivity contribution < 1.29 is 14.3 Å². The van der Waals surface area contributed by atoms with Crippen molar-refractivity contribution in [3.8, 4) is 16.9 Å². The molecule has 4 aliphatic rings. The molecule has 2 aromatic heterocycles. The number of nitrogens with two attached hydrogens (primary N) is 1. The van der Waals surface area contributed by atoms with Crippen molar-refractivity contribution in [2.75, 3.05) is 39.0 Å². The van der Waals surface area contributed by atoms with E-state index in [9.17, 15) is 4.79 Å². The van der Waals surface area contributed by atoms with Gasteiger partial charge in [0.25, 0.3) is 0 Å². The van der Waals surface area contributed by atoms with Crippen LogP contribution < -0.4 is 10.5 Å². The average molecular weight is 531 g/mol. The van der Waals surface area contributed by atoms with E-state index in [2.05, 4.69) is 37.8 Å². The van der Waals surface area contributed by atoms with Gasteiger partial charge in [-0.25, -0.2) is 9.97 Å².